The summed E-state index contributed by atoms with van der Waals surface area (Å²) in [5.41, 5.74) is -2.12. The van der Waals surface area contributed by atoms with Crippen LogP contribution in [0.4, 0.5) is 4.39 Å². The second-order valence-electron chi connectivity index (χ2n) is 5.58. The van der Waals surface area contributed by atoms with Crippen molar-refractivity contribution in [2.75, 3.05) is 6.61 Å². The molecule has 3 rings (SSSR count). The molecule has 0 aliphatic carbocycles. The topological polar surface area (TPSA) is 114 Å². The van der Waals surface area contributed by atoms with Crippen LogP contribution >= 0.6 is 59.1 Å². The van der Waals surface area contributed by atoms with Crippen LogP contribution in [-0.4, -0.2) is 44.7 Å². The summed E-state index contributed by atoms with van der Waals surface area (Å²) in [6.07, 6.45) is -3.98. The Hall–Kier alpha value is -0.410. The third-order valence-corrected chi connectivity index (χ3v) is 9.01. The highest BCUT2D eigenvalue weighted by Crippen LogP contribution is 2.42. The van der Waals surface area contributed by atoms with Crippen molar-refractivity contribution in [2.45, 2.75) is 31.1 Å². The minimum Gasteiger partial charge on any atom is -0.394 e. The van der Waals surface area contributed by atoms with Crippen molar-refractivity contribution in [3.8, 4) is 0 Å². The van der Waals surface area contributed by atoms with Crippen LogP contribution in [-0.2, 0) is 16.1 Å². The second kappa shape index (κ2) is 8.53. The first-order valence-electron chi connectivity index (χ1n) is 7.43. The van der Waals surface area contributed by atoms with E-state index in [0.717, 1.165) is 22.2 Å². The van der Waals surface area contributed by atoms with Gasteiger partial charge in [-0.15, -0.1) is 11.3 Å². The van der Waals surface area contributed by atoms with Crippen molar-refractivity contribution in [3.05, 3.63) is 50.5 Å². The van der Waals surface area contributed by atoms with Gasteiger partial charge in [-0.2, -0.15) is 4.39 Å². The highest BCUT2D eigenvalue weighted by Gasteiger charge is 2.46. The highest BCUT2D eigenvalue weighted by molar-refractivity contribution is 9.14. The molecule has 3 heterocycles. The third-order valence-electron chi connectivity index (χ3n) is 3.92. The smallest absolute Gasteiger partial charge is 0.330 e. The van der Waals surface area contributed by atoms with E-state index in [-0.39, 0.29) is 6.61 Å². The van der Waals surface area contributed by atoms with E-state index < -0.39 is 48.2 Å². The number of aromatic nitrogens is 2. The Kier molecular flexibility index (Phi) is 6.73. The predicted octanol–water partition coefficient (Wildman–Crippen LogP) is 1.86. The Labute approximate surface area is 180 Å². The number of rotatable bonds is 5. The minimum atomic E-state index is -1.38. The van der Waals surface area contributed by atoms with Gasteiger partial charge in [0.25, 0.3) is 5.56 Å². The van der Waals surface area contributed by atoms with Gasteiger partial charge in [0.1, 0.15) is 18.3 Å². The zero-order chi connectivity index (χ0) is 19.9. The van der Waals surface area contributed by atoms with Gasteiger partial charge >= 0.3 is 5.69 Å². The Bertz CT molecular complexity index is 963. The number of H-pyrrole nitrogens is 1. The van der Waals surface area contributed by atoms with Gasteiger partial charge in [0, 0.05) is 9.35 Å². The zero-order valence-electron chi connectivity index (χ0n) is 13.2. The lowest BCUT2D eigenvalue weighted by molar-refractivity contribution is -0.0658. The third kappa shape index (κ3) is 4.15. The number of ether oxygens (including phenoxy) is 2. The van der Waals surface area contributed by atoms with E-state index in [1.54, 1.807) is 4.98 Å². The fraction of sp³-hybridized carbons (Fsp3) is 0.429. The summed E-state index contributed by atoms with van der Waals surface area (Å²) in [7, 11) is 0. The van der Waals surface area contributed by atoms with Crippen LogP contribution in [0.1, 0.15) is 11.1 Å². The standard InChI is InChI=1S/C14H12Br3FN2O6S/c15-7-6(27-11(17)8(7)16)3-25-10-5(2-21)26-13(9(10)22)20-1-4(18)12(23)19-14(20)24/h1,5,9-10,13,21-22H,2-3H2,(H,19,23,24)/t5-,9-,10-,13-/m1/s1. The number of nitrogens with zero attached hydrogens (tertiary/aromatic N) is 1. The summed E-state index contributed by atoms with van der Waals surface area (Å²) in [6.45, 7) is -0.392. The summed E-state index contributed by atoms with van der Waals surface area (Å²) >= 11 is 11.6. The van der Waals surface area contributed by atoms with E-state index in [1.165, 1.54) is 11.3 Å². The molecule has 0 unspecified atom stereocenters. The average molecular weight is 595 g/mol. The lowest BCUT2D eigenvalue weighted by atomic mass is 10.1. The second-order valence-corrected chi connectivity index (χ2v) is 9.59. The first-order valence-corrected chi connectivity index (χ1v) is 10.6. The highest BCUT2D eigenvalue weighted by atomic mass is 79.9. The number of nitrogens with one attached hydrogen (secondary N) is 1. The Morgan fingerprint density at radius 1 is 1.33 bits per heavy atom. The zero-order valence-corrected chi connectivity index (χ0v) is 18.8. The number of halogens is 4. The van der Waals surface area contributed by atoms with Gasteiger partial charge in [-0.3, -0.25) is 14.3 Å². The molecular formula is C14H12Br3FN2O6S. The summed E-state index contributed by atoms with van der Waals surface area (Å²) in [4.78, 5) is 25.7. The van der Waals surface area contributed by atoms with Crippen molar-refractivity contribution in [2.24, 2.45) is 0 Å². The number of aliphatic hydroxyl groups is 2. The van der Waals surface area contributed by atoms with Crippen molar-refractivity contribution in [3.63, 3.8) is 0 Å². The maximum absolute atomic E-state index is 13.5. The molecule has 2 aromatic rings. The number of aromatic amines is 1. The number of thiophene rings is 1. The van der Waals surface area contributed by atoms with E-state index in [1.807, 2.05) is 0 Å². The molecule has 0 radical (unpaired) electrons. The molecule has 0 aromatic carbocycles. The molecule has 0 amide bonds. The van der Waals surface area contributed by atoms with Crippen molar-refractivity contribution in [1.82, 2.24) is 9.55 Å². The molecule has 0 saturated carbocycles. The van der Waals surface area contributed by atoms with Gasteiger partial charge in [-0.05, 0) is 47.8 Å². The first kappa shape index (κ1) is 21.3. The van der Waals surface area contributed by atoms with E-state index in [4.69, 9.17) is 9.47 Å². The van der Waals surface area contributed by atoms with Crippen LogP contribution in [0, 0.1) is 5.82 Å². The van der Waals surface area contributed by atoms with E-state index in [9.17, 15) is 24.2 Å². The molecule has 2 aromatic heterocycles. The molecule has 1 aliphatic rings. The molecule has 1 aliphatic heterocycles. The molecule has 27 heavy (non-hydrogen) atoms. The van der Waals surface area contributed by atoms with Gasteiger partial charge in [0.05, 0.1) is 27.7 Å². The monoisotopic (exact) mass is 592 g/mol. The number of hydrogen-bond acceptors (Lipinski definition) is 7. The molecule has 13 heteroatoms. The summed E-state index contributed by atoms with van der Waals surface area (Å²) in [5.74, 6) is -1.20. The van der Waals surface area contributed by atoms with Crippen LogP contribution < -0.4 is 11.2 Å². The lowest BCUT2D eigenvalue weighted by Gasteiger charge is -2.20. The molecule has 1 saturated heterocycles. The fourth-order valence-electron chi connectivity index (χ4n) is 2.62. The predicted molar refractivity (Wildman–Crippen MR) is 104 cm³/mol. The van der Waals surface area contributed by atoms with Crippen molar-refractivity contribution < 1.29 is 24.1 Å². The summed E-state index contributed by atoms with van der Waals surface area (Å²) in [6, 6.07) is 0. The van der Waals surface area contributed by atoms with Crippen LogP contribution in [0.3, 0.4) is 0 Å². The van der Waals surface area contributed by atoms with Gasteiger partial charge < -0.3 is 19.7 Å². The van der Waals surface area contributed by atoms with Gasteiger partial charge in [-0.25, -0.2) is 4.79 Å². The summed E-state index contributed by atoms with van der Waals surface area (Å²) < 4.78 is 27.9. The molecule has 8 nitrogen and oxygen atoms in total. The molecule has 148 valence electrons. The van der Waals surface area contributed by atoms with Crippen molar-refractivity contribution >= 4 is 59.1 Å². The largest absolute Gasteiger partial charge is 0.394 e. The van der Waals surface area contributed by atoms with Crippen LogP contribution in [0.15, 0.2) is 28.5 Å². The molecule has 0 bridgehead atoms. The fourth-order valence-corrected chi connectivity index (χ4v) is 5.70. The Balaban J connectivity index is 1.82. The minimum absolute atomic E-state index is 0.0959. The SMILES string of the molecule is O=c1[nH]c(=O)n([C@@H]2O[C@H](CO)[C@@H](OCc3sc(Br)c(Br)c3Br)[C@H]2O)cc1F. The van der Waals surface area contributed by atoms with E-state index in [2.05, 4.69) is 47.8 Å². The average Bonchev–Trinajstić information content (AvgIpc) is 3.07. The van der Waals surface area contributed by atoms with Gasteiger partial charge in [0.15, 0.2) is 6.23 Å². The molecule has 4 atom stereocenters. The maximum Gasteiger partial charge on any atom is 0.330 e. The van der Waals surface area contributed by atoms with E-state index in [0.29, 0.717) is 6.20 Å². The maximum atomic E-state index is 13.5. The summed E-state index contributed by atoms with van der Waals surface area (Å²) in [5, 5.41) is 20.1. The Morgan fingerprint density at radius 3 is 2.63 bits per heavy atom. The number of aliphatic hydroxyl groups excluding tert-OH is 2. The van der Waals surface area contributed by atoms with Crippen molar-refractivity contribution in [1.29, 1.82) is 0 Å². The normalized spacial score (nSPS) is 25.3. The Morgan fingerprint density at radius 2 is 2.04 bits per heavy atom. The lowest BCUT2D eigenvalue weighted by Crippen LogP contribution is -2.39. The molecular weight excluding hydrogens is 583 g/mol. The first-order chi connectivity index (χ1) is 12.7. The quantitative estimate of drug-likeness (QED) is 0.487. The molecule has 1 fully saturated rings. The molecule has 0 spiro atoms. The van der Waals surface area contributed by atoms with Crippen LogP contribution in [0.25, 0.3) is 0 Å². The molecule has 3 N–H and O–H groups in total. The van der Waals surface area contributed by atoms with Gasteiger partial charge in [-0.1, -0.05) is 0 Å². The van der Waals surface area contributed by atoms with E-state index >= 15 is 0 Å². The number of hydrogen-bond donors (Lipinski definition) is 3. The van der Waals surface area contributed by atoms with Crippen LogP contribution in [0.5, 0.6) is 0 Å². The van der Waals surface area contributed by atoms with Gasteiger partial charge in [0.2, 0.25) is 5.82 Å². The van der Waals surface area contributed by atoms with Crippen LogP contribution in [0.2, 0.25) is 0 Å².